The molecular weight excluding hydrogens is 281 g/mol. The van der Waals surface area contributed by atoms with Gasteiger partial charge in [0.15, 0.2) is 5.78 Å². The lowest BCUT2D eigenvalue weighted by molar-refractivity contribution is 0.0895. The summed E-state index contributed by atoms with van der Waals surface area (Å²) in [5.74, 6) is 0.905. The Morgan fingerprint density at radius 3 is 2.58 bits per heavy atom. The first-order valence-corrected chi connectivity index (χ1v) is 7.56. The summed E-state index contributed by atoms with van der Waals surface area (Å²) in [6.45, 7) is 4.71. The predicted octanol–water partition coefficient (Wildman–Crippen LogP) is 4.30. The molecule has 0 saturated carbocycles. The number of likely N-dealkylation sites (tertiary alicyclic amines) is 1. The van der Waals surface area contributed by atoms with Crippen molar-refractivity contribution in [3.05, 3.63) is 33.8 Å². The van der Waals surface area contributed by atoms with Crippen LogP contribution in [0.15, 0.2) is 18.2 Å². The van der Waals surface area contributed by atoms with E-state index in [1.165, 1.54) is 19.3 Å². The number of carbonyl (C=O) groups is 1. The van der Waals surface area contributed by atoms with Crippen LogP contribution in [0.4, 0.5) is 0 Å². The third kappa shape index (κ3) is 3.95. The number of nitrogens with zero attached hydrogens (tertiary/aromatic N) is 1. The third-order valence-corrected chi connectivity index (χ3v) is 4.43. The number of carbonyl (C=O) groups excluding carboxylic acids is 1. The van der Waals surface area contributed by atoms with E-state index in [4.69, 9.17) is 23.2 Å². The molecule has 1 aromatic carbocycles. The number of Topliss-reactive ketones (excluding diaryl/α,β-unsaturated/α-hetero) is 1. The Morgan fingerprint density at radius 1 is 1.32 bits per heavy atom. The second-order valence-electron chi connectivity index (χ2n) is 5.18. The van der Waals surface area contributed by atoms with Crippen LogP contribution >= 0.6 is 23.2 Å². The van der Waals surface area contributed by atoms with E-state index in [0.717, 1.165) is 19.0 Å². The van der Waals surface area contributed by atoms with Crippen LogP contribution in [0.2, 0.25) is 10.0 Å². The maximum atomic E-state index is 12.2. The molecule has 1 fully saturated rings. The highest BCUT2D eigenvalue weighted by Gasteiger charge is 2.21. The number of ketones is 1. The maximum Gasteiger partial charge on any atom is 0.178 e. The van der Waals surface area contributed by atoms with Crippen LogP contribution in [0.5, 0.6) is 0 Å². The lowest BCUT2D eigenvalue weighted by atomic mass is 9.94. The fourth-order valence-corrected chi connectivity index (χ4v) is 3.07. The molecular formula is C15H19Cl2NO. The average Bonchev–Trinajstić information content (AvgIpc) is 2.39. The molecule has 1 aliphatic rings. The van der Waals surface area contributed by atoms with Gasteiger partial charge in [-0.3, -0.25) is 9.69 Å². The Kier molecular flexibility index (Phi) is 5.26. The van der Waals surface area contributed by atoms with Gasteiger partial charge in [-0.1, -0.05) is 36.5 Å². The van der Waals surface area contributed by atoms with Crippen LogP contribution in [-0.2, 0) is 0 Å². The van der Waals surface area contributed by atoms with Crippen molar-refractivity contribution in [2.24, 2.45) is 5.92 Å². The van der Waals surface area contributed by atoms with Crippen molar-refractivity contribution in [2.75, 3.05) is 19.6 Å². The summed E-state index contributed by atoms with van der Waals surface area (Å²) in [6.07, 6.45) is 3.63. The minimum Gasteiger partial charge on any atom is -0.296 e. The molecule has 1 saturated heterocycles. The molecule has 4 heteroatoms. The maximum absolute atomic E-state index is 12.2. The number of benzene rings is 1. The fraction of sp³-hybridized carbons (Fsp3) is 0.533. The summed E-state index contributed by atoms with van der Waals surface area (Å²) in [6, 6.07) is 5.05. The van der Waals surface area contributed by atoms with Crippen LogP contribution in [0, 0.1) is 5.92 Å². The minimum absolute atomic E-state index is 0.0802. The van der Waals surface area contributed by atoms with Gasteiger partial charge in [0, 0.05) is 10.6 Å². The van der Waals surface area contributed by atoms with Gasteiger partial charge in [0.25, 0.3) is 0 Å². The normalized spacial score (nSPS) is 17.6. The zero-order valence-corrected chi connectivity index (χ0v) is 12.7. The van der Waals surface area contributed by atoms with Crippen LogP contribution < -0.4 is 0 Å². The summed E-state index contributed by atoms with van der Waals surface area (Å²) in [7, 11) is 0. The molecule has 1 aliphatic heterocycles. The first-order valence-electron chi connectivity index (χ1n) is 6.80. The van der Waals surface area contributed by atoms with Crippen molar-refractivity contribution >= 4 is 29.0 Å². The molecule has 1 aromatic rings. The monoisotopic (exact) mass is 299 g/mol. The van der Waals surface area contributed by atoms with E-state index >= 15 is 0 Å². The van der Waals surface area contributed by atoms with Gasteiger partial charge in [0.05, 0.1) is 11.6 Å². The zero-order chi connectivity index (χ0) is 13.8. The first-order chi connectivity index (χ1) is 9.10. The smallest absolute Gasteiger partial charge is 0.178 e. The number of hydrogen-bond acceptors (Lipinski definition) is 2. The van der Waals surface area contributed by atoms with Crippen molar-refractivity contribution in [1.29, 1.82) is 0 Å². The predicted molar refractivity (Wildman–Crippen MR) is 80.2 cm³/mol. The molecule has 0 radical (unpaired) electrons. The van der Waals surface area contributed by atoms with Gasteiger partial charge in [-0.15, -0.1) is 0 Å². The summed E-state index contributed by atoms with van der Waals surface area (Å²) in [5.41, 5.74) is 0.573. The van der Waals surface area contributed by atoms with E-state index in [1.54, 1.807) is 18.2 Å². The van der Waals surface area contributed by atoms with Crippen molar-refractivity contribution in [3.63, 3.8) is 0 Å². The zero-order valence-electron chi connectivity index (χ0n) is 11.2. The van der Waals surface area contributed by atoms with Gasteiger partial charge >= 0.3 is 0 Å². The molecule has 0 unspecified atom stereocenters. The van der Waals surface area contributed by atoms with E-state index in [0.29, 0.717) is 22.2 Å². The summed E-state index contributed by atoms with van der Waals surface area (Å²) >= 11 is 11.9. The lowest BCUT2D eigenvalue weighted by Gasteiger charge is -2.30. The standard InChI is InChI=1S/C15H19Cl2NO/c1-2-11-5-7-18(8-6-11)10-15(19)13-4-3-12(16)9-14(13)17/h3-4,9,11H,2,5-8,10H2,1H3. The molecule has 2 rings (SSSR count). The van der Waals surface area contributed by atoms with Gasteiger partial charge < -0.3 is 0 Å². The van der Waals surface area contributed by atoms with E-state index in [2.05, 4.69) is 11.8 Å². The van der Waals surface area contributed by atoms with Gasteiger partial charge in [-0.05, 0) is 50.0 Å². The average molecular weight is 300 g/mol. The topological polar surface area (TPSA) is 20.3 Å². The Labute approximate surface area is 124 Å². The second kappa shape index (κ2) is 6.74. The molecule has 0 amide bonds. The van der Waals surface area contributed by atoms with Gasteiger partial charge in [0.1, 0.15) is 0 Å². The highest BCUT2D eigenvalue weighted by molar-refractivity contribution is 6.36. The Bertz CT molecular complexity index is 453. The van der Waals surface area contributed by atoms with Crippen LogP contribution in [-0.4, -0.2) is 30.3 Å². The van der Waals surface area contributed by atoms with Crippen molar-refractivity contribution in [1.82, 2.24) is 4.90 Å². The lowest BCUT2D eigenvalue weighted by Crippen LogP contribution is -2.37. The Balaban J connectivity index is 1.94. The van der Waals surface area contributed by atoms with E-state index in [1.807, 2.05) is 0 Å². The molecule has 0 atom stereocenters. The van der Waals surface area contributed by atoms with E-state index < -0.39 is 0 Å². The van der Waals surface area contributed by atoms with Crippen LogP contribution in [0.1, 0.15) is 36.5 Å². The fourth-order valence-electron chi connectivity index (χ4n) is 2.56. The molecule has 0 aliphatic carbocycles. The summed E-state index contributed by atoms with van der Waals surface area (Å²) in [4.78, 5) is 14.4. The second-order valence-corrected chi connectivity index (χ2v) is 6.02. The van der Waals surface area contributed by atoms with Crippen molar-refractivity contribution < 1.29 is 4.79 Å². The molecule has 104 valence electrons. The highest BCUT2D eigenvalue weighted by Crippen LogP contribution is 2.23. The van der Waals surface area contributed by atoms with Crippen LogP contribution in [0.3, 0.4) is 0 Å². The Morgan fingerprint density at radius 2 is 2.00 bits per heavy atom. The number of hydrogen-bond donors (Lipinski definition) is 0. The summed E-state index contributed by atoms with van der Waals surface area (Å²) in [5, 5.41) is 1.01. The number of rotatable bonds is 4. The van der Waals surface area contributed by atoms with E-state index in [9.17, 15) is 4.79 Å². The first kappa shape index (κ1) is 14.8. The quantitative estimate of drug-likeness (QED) is 0.773. The molecule has 0 N–H and O–H groups in total. The van der Waals surface area contributed by atoms with Crippen molar-refractivity contribution in [2.45, 2.75) is 26.2 Å². The number of halogens is 2. The molecule has 1 heterocycles. The highest BCUT2D eigenvalue weighted by atomic mass is 35.5. The van der Waals surface area contributed by atoms with E-state index in [-0.39, 0.29) is 5.78 Å². The molecule has 0 aromatic heterocycles. The molecule has 2 nitrogen and oxygen atoms in total. The van der Waals surface area contributed by atoms with Crippen LogP contribution in [0.25, 0.3) is 0 Å². The largest absolute Gasteiger partial charge is 0.296 e. The van der Waals surface area contributed by atoms with Gasteiger partial charge in [-0.2, -0.15) is 0 Å². The van der Waals surface area contributed by atoms with Gasteiger partial charge in [-0.25, -0.2) is 0 Å². The Hall–Kier alpha value is -0.570. The third-order valence-electron chi connectivity index (χ3n) is 3.88. The van der Waals surface area contributed by atoms with Gasteiger partial charge in [0.2, 0.25) is 0 Å². The number of piperidine rings is 1. The molecule has 19 heavy (non-hydrogen) atoms. The summed E-state index contributed by atoms with van der Waals surface area (Å²) < 4.78 is 0. The SMILES string of the molecule is CCC1CCN(CC(=O)c2ccc(Cl)cc2Cl)CC1. The minimum atomic E-state index is 0.0802. The van der Waals surface area contributed by atoms with Crippen molar-refractivity contribution in [3.8, 4) is 0 Å². The molecule has 0 bridgehead atoms. The molecule has 0 spiro atoms.